The van der Waals surface area contributed by atoms with Crippen molar-refractivity contribution >= 4 is 5.91 Å². The van der Waals surface area contributed by atoms with Crippen molar-refractivity contribution < 1.29 is 13.6 Å². The van der Waals surface area contributed by atoms with Crippen molar-refractivity contribution in [3.63, 3.8) is 0 Å². The topological polar surface area (TPSA) is 46.9 Å². The van der Waals surface area contributed by atoms with E-state index in [1.54, 1.807) is 0 Å². The molecule has 0 radical (unpaired) electrons. The second kappa shape index (κ2) is 6.89. The van der Waals surface area contributed by atoms with Crippen LogP contribution < -0.4 is 5.32 Å². The number of alkyl halides is 2. The molecule has 6 heteroatoms. The van der Waals surface area contributed by atoms with Gasteiger partial charge in [-0.25, -0.2) is 4.68 Å². The van der Waals surface area contributed by atoms with Gasteiger partial charge in [0.15, 0.2) is 0 Å². The standard InChI is InChI=1S/C17H21F2N3O/c1-12(11-17(2,3)13-7-5-4-6-8-13)20-15(23)14-9-10-22(21-14)16(18)19/h4-10,12,16H,11H2,1-3H3,(H,20,23)/t12-/m0/s1. The number of nitrogens with zero attached hydrogens (tertiary/aromatic N) is 2. The fourth-order valence-corrected chi connectivity index (χ4v) is 2.69. The molecule has 1 N–H and O–H groups in total. The van der Waals surface area contributed by atoms with Gasteiger partial charge >= 0.3 is 6.55 Å². The molecule has 0 fully saturated rings. The molecule has 1 aromatic carbocycles. The normalized spacial score (nSPS) is 13.1. The molecule has 0 bridgehead atoms. The van der Waals surface area contributed by atoms with Gasteiger partial charge in [0.05, 0.1) is 0 Å². The van der Waals surface area contributed by atoms with Gasteiger partial charge in [0.1, 0.15) is 5.69 Å². The van der Waals surface area contributed by atoms with Gasteiger partial charge in [-0.05, 0) is 30.4 Å². The van der Waals surface area contributed by atoms with Crippen molar-refractivity contribution in [3.05, 3.63) is 53.9 Å². The zero-order chi connectivity index (χ0) is 17.0. The number of carbonyl (C=O) groups is 1. The molecule has 4 nitrogen and oxygen atoms in total. The van der Waals surface area contributed by atoms with Gasteiger partial charge in [0.2, 0.25) is 0 Å². The van der Waals surface area contributed by atoms with E-state index in [0.717, 1.165) is 12.6 Å². The number of halogens is 2. The van der Waals surface area contributed by atoms with Gasteiger partial charge in [-0.3, -0.25) is 4.79 Å². The van der Waals surface area contributed by atoms with Gasteiger partial charge < -0.3 is 5.32 Å². The van der Waals surface area contributed by atoms with Crippen LogP contribution in [0.1, 0.15) is 49.8 Å². The predicted octanol–water partition coefficient (Wildman–Crippen LogP) is 3.76. The van der Waals surface area contributed by atoms with E-state index >= 15 is 0 Å². The molecular formula is C17H21F2N3O. The summed E-state index contributed by atoms with van der Waals surface area (Å²) in [6.45, 7) is 3.37. The first-order chi connectivity index (χ1) is 10.8. The second-order valence-corrected chi connectivity index (χ2v) is 6.29. The zero-order valence-electron chi connectivity index (χ0n) is 13.5. The number of hydrogen-bond donors (Lipinski definition) is 1. The number of amides is 1. The summed E-state index contributed by atoms with van der Waals surface area (Å²) in [5, 5.41) is 6.39. The Bertz CT molecular complexity index is 653. The Morgan fingerprint density at radius 2 is 1.91 bits per heavy atom. The van der Waals surface area contributed by atoms with E-state index in [-0.39, 0.29) is 17.2 Å². The van der Waals surface area contributed by atoms with Gasteiger partial charge in [0, 0.05) is 12.2 Å². The minimum absolute atomic E-state index is 0.00494. The van der Waals surface area contributed by atoms with Crippen molar-refractivity contribution in [2.24, 2.45) is 0 Å². The molecule has 0 aliphatic carbocycles. The molecule has 1 aromatic heterocycles. The first kappa shape index (κ1) is 17.1. The number of hydrogen-bond acceptors (Lipinski definition) is 2. The third-order valence-corrected chi connectivity index (χ3v) is 3.79. The summed E-state index contributed by atoms with van der Waals surface area (Å²) in [5.74, 6) is -0.444. The van der Waals surface area contributed by atoms with Crippen LogP contribution >= 0.6 is 0 Å². The Morgan fingerprint density at radius 1 is 1.26 bits per heavy atom. The maximum atomic E-state index is 12.5. The summed E-state index contributed by atoms with van der Waals surface area (Å²) in [6, 6.07) is 11.2. The molecule has 1 atom stereocenters. The summed E-state index contributed by atoms with van der Waals surface area (Å²) in [7, 11) is 0. The quantitative estimate of drug-likeness (QED) is 0.880. The van der Waals surface area contributed by atoms with Crippen molar-refractivity contribution in [2.75, 3.05) is 0 Å². The molecule has 1 amide bonds. The van der Waals surface area contributed by atoms with Gasteiger partial charge in [-0.1, -0.05) is 44.2 Å². The van der Waals surface area contributed by atoms with E-state index in [9.17, 15) is 13.6 Å². The number of carbonyl (C=O) groups excluding carboxylic acids is 1. The minimum atomic E-state index is -2.74. The van der Waals surface area contributed by atoms with Crippen LogP contribution in [0.3, 0.4) is 0 Å². The fourth-order valence-electron chi connectivity index (χ4n) is 2.69. The highest BCUT2D eigenvalue weighted by Crippen LogP contribution is 2.28. The zero-order valence-corrected chi connectivity index (χ0v) is 13.5. The van der Waals surface area contributed by atoms with E-state index < -0.39 is 12.5 Å². The van der Waals surface area contributed by atoms with Gasteiger partial charge in [-0.2, -0.15) is 13.9 Å². The molecule has 0 aliphatic rings. The third-order valence-electron chi connectivity index (χ3n) is 3.79. The maximum Gasteiger partial charge on any atom is 0.333 e. The van der Waals surface area contributed by atoms with E-state index in [1.165, 1.54) is 11.6 Å². The number of aromatic nitrogens is 2. The lowest BCUT2D eigenvalue weighted by Crippen LogP contribution is -2.37. The largest absolute Gasteiger partial charge is 0.348 e. The Morgan fingerprint density at radius 3 is 2.48 bits per heavy atom. The highest BCUT2D eigenvalue weighted by molar-refractivity contribution is 5.92. The molecule has 0 saturated carbocycles. The van der Waals surface area contributed by atoms with Crippen LogP contribution in [0.15, 0.2) is 42.6 Å². The lowest BCUT2D eigenvalue weighted by Gasteiger charge is -2.29. The van der Waals surface area contributed by atoms with Crippen molar-refractivity contribution in [3.8, 4) is 0 Å². The lowest BCUT2D eigenvalue weighted by molar-refractivity contribution is 0.0559. The third kappa shape index (κ3) is 4.37. The minimum Gasteiger partial charge on any atom is -0.348 e. The van der Waals surface area contributed by atoms with Crippen molar-refractivity contribution in [1.82, 2.24) is 15.1 Å². The molecule has 0 unspecified atom stereocenters. The van der Waals surface area contributed by atoms with E-state index in [2.05, 4.69) is 36.4 Å². The number of nitrogens with one attached hydrogen (secondary N) is 1. The van der Waals surface area contributed by atoms with Crippen LogP contribution in [0.2, 0.25) is 0 Å². The lowest BCUT2D eigenvalue weighted by atomic mass is 9.79. The molecule has 2 aromatic rings. The van der Waals surface area contributed by atoms with E-state index in [1.807, 2.05) is 25.1 Å². The first-order valence-electron chi connectivity index (χ1n) is 7.49. The molecule has 1 heterocycles. The highest BCUT2D eigenvalue weighted by Gasteiger charge is 2.24. The SMILES string of the molecule is C[C@@H](CC(C)(C)c1ccccc1)NC(=O)c1ccn(C(F)F)n1. The van der Waals surface area contributed by atoms with Crippen LogP contribution in [0.25, 0.3) is 0 Å². The van der Waals surface area contributed by atoms with Gasteiger partial charge in [-0.15, -0.1) is 0 Å². The van der Waals surface area contributed by atoms with E-state index in [0.29, 0.717) is 4.68 Å². The van der Waals surface area contributed by atoms with Crippen molar-refractivity contribution in [2.45, 2.75) is 45.2 Å². The summed E-state index contributed by atoms with van der Waals surface area (Å²) in [5.41, 5.74) is 1.06. The summed E-state index contributed by atoms with van der Waals surface area (Å²) in [4.78, 5) is 12.1. The molecule has 124 valence electrons. The maximum absolute atomic E-state index is 12.5. The monoisotopic (exact) mass is 321 g/mol. The van der Waals surface area contributed by atoms with Crippen LogP contribution in [0.5, 0.6) is 0 Å². The average molecular weight is 321 g/mol. The van der Waals surface area contributed by atoms with Crippen molar-refractivity contribution in [1.29, 1.82) is 0 Å². The Hall–Kier alpha value is -2.24. The summed E-state index contributed by atoms with van der Waals surface area (Å²) >= 11 is 0. The Labute approximate surface area is 134 Å². The molecule has 23 heavy (non-hydrogen) atoms. The molecule has 0 aliphatic heterocycles. The van der Waals surface area contributed by atoms with Gasteiger partial charge in [0.25, 0.3) is 5.91 Å². The Balaban J connectivity index is 1.98. The molecular weight excluding hydrogens is 300 g/mol. The molecule has 2 rings (SSSR count). The van der Waals surface area contributed by atoms with Crippen LogP contribution in [0, 0.1) is 0 Å². The summed E-state index contributed by atoms with van der Waals surface area (Å²) < 4.78 is 25.4. The van der Waals surface area contributed by atoms with Crippen LogP contribution in [0.4, 0.5) is 8.78 Å². The Kier molecular flexibility index (Phi) is 5.13. The second-order valence-electron chi connectivity index (χ2n) is 6.29. The summed E-state index contributed by atoms with van der Waals surface area (Å²) in [6.07, 6.45) is 1.82. The smallest absolute Gasteiger partial charge is 0.333 e. The molecule has 0 spiro atoms. The van der Waals surface area contributed by atoms with Crippen LogP contribution in [-0.4, -0.2) is 21.7 Å². The van der Waals surface area contributed by atoms with E-state index in [4.69, 9.17) is 0 Å². The number of rotatable bonds is 6. The molecule has 0 saturated heterocycles. The number of benzene rings is 1. The first-order valence-corrected chi connectivity index (χ1v) is 7.49. The fraction of sp³-hybridized carbons (Fsp3) is 0.412. The average Bonchev–Trinajstić information content (AvgIpc) is 2.97. The highest BCUT2D eigenvalue weighted by atomic mass is 19.3. The predicted molar refractivity (Wildman–Crippen MR) is 84.5 cm³/mol. The van der Waals surface area contributed by atoms with Crippen LogP contribution in [-0.2, 0) is 5.41 Å².